The lowest BCUT2D eigenvalue weighted by Crippen LogP contribution is -2.33. The number of piperidine rings is 1. The van der Waals surface area contributed by atoms with Crippen molar-refractivity contribution in [2.24, 2.45) is 11.8 Å². The minimum absolute atomic E-state index is 1.03. The fourth-order valence-electron chi connectivity index (χ4n) is 3.47. The van der Waals surface area contributed by atoms with Crippen LogP contribution in [0.5, 0.6) is 0 Å². The van der Waals surface area contributed by atoms with Gasteiger partial charge in [0.15, 0.2) is 0 Å². The maximum absolute atomic E-state index is 2.63. The summed E-state index contributed by atoms with van der Waals surface area (Å²) in [5.41, 5.74) is 0. The van der Waals surface area contributed by atoms with Gasteiger partial charge in [-0.3, -0.25) is 0 Å². The van der Waals surface area contributed by atoms with Crippen LogP contribution >= 0.6 is 0 Å². The molecule has 1 atom stereocenters. The topological polar surface area (TPSA) is 6.48 Å². The first-order chi connectivity index (χ1) is 7.79. The third kappa shape index (κ3) is 3.21. The summed E-state index contributed by atoms with van der Waals surface area (Å²) in [5.74, 6) is 2.07. The summed E-state index contributed by atoms with van der Waals surface area (Å²) in [4.78, 5) is 5.13. The van der Waals surface area contributed by atoms with Gasteiger partial charge in [-0.25, -0.2) is 0 Å². The predicted molar refractivity (Wildman–Crippen MR) is 69.7 cm³/mol. The van der Waals surface area contributed by atoms with Gasteiger partial charge in [0.2, 0.25) is 0 Å². The van der Waals surface area contributed by atoms with Crippen LogP contribution in [0.4, 0.5) is 0 Å². The van der Waals surface area contributed by atoms with Gasteiger partial charge < -0.3 is 9.80 Å². The largest absolute Gasteiger partial charge is 0.306 e. The number of nitrogens with zero attached hydrogens (tertiary/aromatic N) is 2. The molecule has 2 aliphatic rings. The van der Waals surface area contributed by atoms with E-state index in [-0.39, 0.29) is 0 Å². The fourth-order valence-corrected chi connectivity index (χ4v) is 3.47. The summed E-state index contributed by atoms with van der Waals surface area (Å²) in [6.07, 6.45) is 7.29. The Kier molecular flexibility index (Phi) is 4.66. The molecule has 0 radical (unpaired) electrons. The molecule has 0 aromatic heterocycles. The standard InChI is InChI=1S/C14H28N2/c1-3-16-9-4-5-13(8-12-16)14-6-10-15(2)11-7-14/h13-14H,3-12H2,1-2H3. The van der Waals surface area contributed by atoms with Crippen molar-refractivity contribution in [1.82, 2.24) is 9.80 Å². The van der Waals surface area contributed by atoms with Gasteiger partial charge in [0.05, 0.1) is 0 Å². The van der Waals surface area contributed by atoms with Crippen molar-refractivity contribution in [3.8, 4) is 0 Å². The molecule has 2 heteroatoms. The molecular formula is C14H28N2. The van der Waals surface area contributed by atoms with Gasteiger partial charge in [-0.2, -0.15) is 0 Å². The number of hydrogen-bond acceptors (Lipinski definition) is 2. The van der Waals surface area contributed by atoms with Crippen LogP contribution in [0.15, 0.2) is 0 Å². The Morgan fingerprint density at radius 3 is 2.19 bits per heavy atom. The van der Waals surface area contributed by atoms with Crippen LogP contribution in [0, 0.1) is 11.8 Å². The molecule has 2 aliphatic heterocycles. The lowest BCUT2D eigenvalue weighted by Gasteiger charge is -2.34. The normalized spacial score (nSPS) is 31.5. The van der Waals surface area contributed by atoms with Crippen molar-refractivity contribution in [3.05, 3.63) is 0 Å². The third-order valence-corrected chi connectivity index (χ3v) is 4.74. The average molecular weight is 224 g/mol. The highest BCUT2D eigenvalue weighted by molar-refractivity contribution is 4.79. The number of rotatable bonds is 2. The SMILES string of the molecule is CCN1CCCC(C2CCN(C)CC2)CC1. The average Bonchev–Trinajstić information content (AvgIpc) is 2.55. The predicted octanol–water partition coefficient (Wildman–Crippen LogP) is 2.45. The van der Waals surface area contributed by atoms with Crippen molar-refractivity contribution >= 4 is 0 Å². The van der Waals surface area contributed by atoms with Crippen molar-refractivity contribution in [3.63, 3.8) is 0 Å². The van der Waals surface area contributed by atoms with Crippen LogP contribution in [0.1, 0.15) is 39.0 Å². The highest BCUT2D eigenvalue weighted by atomic mass is 15.1. The Labute approximate surface area is 101 Å². The Bertz CT molecular complexity index is 197. The van der Waals surface area contributed by atoms with E-state index in [1.165, 1.54) is 64.8 Å². The molecule has 0 spiro atoms. The maximum atomic E-state index is 2.63. The summed E-state index contributed by atoms with van der Waals surface area (Å²) in [6.45, 7) is 8.92. The molecule has 0 saturated carbocycles. The summed E-state index contributed by atoms with van der Waals surface area (Å²) >= 11 is 0. The van der Waals surface area contributed by atoms with Gasteiger partial charge in [-0.05, 0) is 83.7 Å². The van der Waals surface area contributed by atoms with E-state index in [0.29, 0.717) is 0 Å². The molecule has 1 unspecified atom stereocenters. The molecule has 94 valence electrons. The molecule has 2 fully saturated rings. The zero-order valence-electron chi connectivity index (χ0n) is 11.1. The summed E-state index contributed by atoms with van der Waals surface area (Å²) in [6, 6.07) is 0. The van der Waals surface area contributed by atoms with E-state index in [4.69, 9.17) is 0 Å². The van der Waals surface area contributed by atoms with Gasteiger partial charge in [0.25, 0.3) is 0 Å². The van der Waals surface area contributed by atoms with Gasteiger partial charge in [-0.15, -0.1) is 0 Å². The molecule has 2 saturated heterocycles. The first-order valence-corrected chi connectivity index (χ1v) is 7.20. The van der Waals surface area contributed by atoms with E-state index in [1.807, 2.05) is 0 Å². The minimum atomic E-state index is 1.03. The maximum Gasteiger partial charge on any atom is -0.00161 e. The van der Waals surface area contributed by atoms with Crippen LogP contribution in [0.2, 0.25) is 0 Å². The van der Waals surface area contributed by atoms with Crippen LogP contribution in [0.25, 0.3) is 0 Å². The van der Waals surface area contributed by atoms with E-state index in [1.54, 1.807) is 0 Å². The van der Waals surface area contributed by atoms with Crippen LogP contribution < -0.4 is 0 Å². The Morgan fingerprint density at radius 1 is 0.875 bits per heavy atom. The van der Waals surface area contributed by atoms with Crippen molar-refractivity contribution in [2.45, 2.75) is 39.0 Å². The molecule has 0 aromatic rings. The van der Waals surface area contributed by atoms with Gasteiger partial charge in [0, 0.05) is 0 Å². The molecular weight excluding hydrogens is 196 g/mol. The second-order valence-electron chi connectivity index (χ2n) is 5.77. The number of hydrogen-bond donors (Lipinski definition) is 0. The zero-order chi connectivity index (χ0) is 11.4. The van der Waals surface area contributed by atoms with Gasteiger partial charge >= 0.3 is 0 Å². The molecule has 2 heterocycles. The Morgan fingerprint density at radius 2 is 1.50 bits per heavy atom. The molecule has 2 rings (SSSR count). The van der Waals surface area contributed by atoms with E-state index in [2.05, 4.69) is 23.8 Å². The molecule has 0 bridgehead atoms. The van der Waals surface area contributed by atoms with Crippen LogP contribution in [-0.4, -0.2) is 49.6 Å². The third-order valence-electron chi connectivity index (χ3n) is 4.74. The number of likely N-dealkylation sites (tertiary alicyclic amines) is 2. The fraction of sp³-hybridized carbons (Fsp3) is 1.00. The zero-order valence-corrected chi connectivity index (χ0v) is 11.1. The van der Waals surface area contributed by atoms with E-state index >= 15 is 0 Å². The Balaban J connectivity index is 1.80. The van der Waals surface area contributed by atoms with Crippen molar-refractivity contribution in [2.75, 3.05) is 39.8 Å². The summed E-state index contributed by atoms with van der Waals surface area (Å²) in [5, 5.41) is 0. The molecule has 0 amide bonds. The molecule has 2 nitrogen and oxygen atoms in total. The molecule has 0 aromatic carbocycles. The summed E-state index contributed by atoms with van der Waals surface area (Å²) < 4.78 is 0. The summed E-state index contributed by atoms with van der Waals surface area (Å²) in [7, 11) is 2.27. The van der Waals surface area contributed by atoms with Crippen molar-refractivity contribution < 1.29 is 0 Å². The Hall–Kier alpha value is -0.0800. The second kappa shape index (κ2) is 6.02. The van der Waals surface area contributed by atoms with Gasteiger partial charge in [-0.1, -0.05) is 6.92 Å². The van der Waals surface area contributed by atoms with E-state index < -0.39 is 0 Å². The van der Waals surface area contributed by atoms with E-state index in [9.17, 15) is 0 Å². The highest BCUT2D eigenvalue weighted by Crippen LogP contribution is 2.31. The first kappa shape index (κ1) is 12.4. The molecule has 16 heavy (non-hydrogen) atoms. The molecule has 0 aliphatic carbocycles. The van der Waals surface area contributed by atoms with Crippen LogP contribution in [-0.2, 0) is 0 Å². The smallest absolute Gasteiger partial charge is 0.00161 e. The first-order valence-electron chi connectivity index (χ1n) is 7.20. The second-order valence-corrected chi connectivity index (χ2v) is 5.77. The van der Waals surface area contributed by atoms with E-state index in [0.717, 1.165) is 11.8 Å². The lowest BCUT2D eigenvalue weighted by molar-refractivity contribution is 0.159. The lowest BCUT2D eigenvalue weighted by atomic mass is 9.80. The highest BCUT2D eigenvalue weighted by Gasteiger charge is 2.26. The quantitative estimate of drug-likeness (QED) is 0.711. The monoisotopic (exact) mass is 224 g/mol. The molecule has 0 N–H and O–H groups in total. The van der Waals surface area contributed by atoms with Gasteiger partial charge in [0.1, 0.15) is 0 Å². The van der Waals surface area contributed by atoms with Crippen LogP contribution in [0.3, 0.4) is 0 Å². The van der Waals surface area contributed by atoms with Crippen molar-refractivity contribution in [1.29, 1.82) is 0 Å². The minimum Gasteiger partial charge on any atom is -0.306 e.